The van der Waals surface area contributed by atoms with E-state index in [0.29, 0.717) is 5.69 Å². The van der Waals surface area contributed by atoms with Gasteiger partial charge in [0.15, 0.2) is 0 Å². The van der Waals surface area contributed by atoms with Gasteiger partial charge in [0, 0.05) is 178 Å². The Labute approximate surface area is 687 Å². The first kappa shape index (κ1) is 108. The van der Waals surface area contributed by atoms with Crippen LogP contribution in [0, 0.1) is 61.3 Å². The fourth-order valence-corrected chi connectivity index (χ4v) is 6.49. The Balaban J connectivity index is -0.000000189. The van der Waals surface area contributed by atoms with Crippen LogP contribution in [0.5, 0.6) is 0 Å². The summed E-state index contributed by atoms with van der Waals surface area (Å²) in [5.41, 5.74) is 8.35. The second-order valence-corrected chi connectivity index (χ2v) is 30.5. The maximum atomic E-state index is 10.6. The molecular weight excluding hydrogens is 2430 g/mol. The summed E-state index contributed by atoms with van der Waals surface area (Å²) in [6.07, 6.45) is 40.1. The predicted molar refractivity (Wildman–Crippen MR) is 367 cm³/mol. The van der Waals surface area contributed by atoms with Crippen molar-refractivity contribution in [1.29, 1.82) is 0 Å². The number of carbonyl (C=O) groups is 1. The van der Waals surface area contributed by atoms with E-state index in [-0.39, 0.29) is 204 Å². The van der Waals surface area contributed by atoms with Crippen molar-refractivity contribution in [3.63, 3.8) is 0 Å². The van der Waals surface area contributed by atoms with E-state index in [1.807, 2.05) is 87.6 Å². The Kier molecular flexibility index (Phi) is 55.8. The maximum Gasteiger partial charge on any atom is 0.331 e. The smallest absolute Gasteiger partial charge is 0.331 e. The van der Waals surface area contributed by atoms with Crippen LogP contribution in [0.4, 0.5) is 0 Å². The number of H-pyrrole nitrogens is 1. The topological polar surface area (TPSA) is 197 Å². The molecule has 541 valence electrons. The number of hydrogen-bond donors (Lipinski definition) is 1. The second kappa shape index (κ2) is 50.7. The number of aromatic nitrogens is 13. The number of aromatic amines is 1. The molecule has 7 radical (unpaired) electrons. The van der Waals surface area contributed by atoms with Crippen molar-refractivity contribution in [3.05, 3.63) is 217 Å². The van der Waals surface area contributed by atoms with E-state index in [1.165, 1.54) is 18.0 Å². The molecule has 0 saturated heterocycles. The Bertz CT molecular complexity index is 2930. The number of pyridine rings is 3. The van der Waals surface area contributed by atoms with Crippen molar-refractivity contribution in [2.24, 2.45) is 5.41 Å². The zero-order chi connectivity index (χ0) is 69.5. The van der Waals surface area contributed by atoms with Gasteiger partial charge in [0.1, 0.15) is 17.6 Å². The molecule has 98 heavy (non-hydrogen) atoms. The van der Waals surface area contributed by atoms with Crippen LogP contribution in [-0.2, 0) is 196 Å². The zero-order valence-electron chi connectivity index (χ0n) is 62.5. The van der Waals surface area contributed by atoms with Gasteiger partial charge < -0.3 is 59.8 Å². The number of nitrogens with zero attached hydrogens (tertiary/aromatic N) is 12. The minimum absolute atomic E-state index is 0. The van der Waals surface area contributed by atoms with E-state index in [2.05, 4.69) is 281 Å². The van der Waals surface area contributed by atoms with E-state index >= 15 is 0 Å². The molecule has 0 aromatic carbocycles. The van der Waals surface area contributed by atoms with E-state index < -0.39 is 0 Å². The average Bonchev–Trinajstić information content (AvgIpc) is 1.08. The van der Waals surface area contributed by atoms with Crippen molar-refractivity contribution >= 4 is 5.97 Å². The maximum absolute atomic E-state index is 10.6. The molecule has 9 heterocycles. The van der Waals surface area contributed by atoms with Crippen molar-refractivity contribution in [2.45, 2.75) is 236 Å². The van der Waals surface area contributed by atoms with Gasteiger partial charge in [-0.05, 0) is 51.0 Å². The Morgan fingerprint density at radius 1 is 0.459 bits per heavy atom. The number of carbonyl (C=O) groups excluding carboxylic acids is 1. The molecule has 22 heteroatoms. The first-order valence-corrected chi connectivity index (χ1v) is 30.5. The largest absolute Gasteiger partial charge is 0.454 e. The van der Waals surface area contributed by atoms with Gasteiger partial charge in [0.05, 0.1) is 0 Å². The molecule has 0 aliphatic carbocycles. The third kappa shape index (κ3) is 48.3. The number of hydrogen-bond acceptors (Lipinski definition) is 14. The number of nitrogens with one attached hydrogen (secondary N) is 1. The van der Waals surface area contributed by atoms with Crippen LogP contribution in [0.1, 0.15) is 238 Å². The molecule has 8 aromatic heterocycles. The quantitative estimate of drug-likeness (QED) is 0.0855. The number of ether oxygens (including phenoxy) is 1. The van der Waals surface area contributed by atoms with Gasteiger partial charge in [-0.2, -0.15) is 48.0 Å². The summed E-state index contributed by atoms with van der Waals surface area (Å²) in [6.45, 7) is 57.0. The Hall–Kier alpha value is -3.61. The second-order valence-electron chi connectivity index (χ2n) is 30.5. The van der Waals surface area contributed by atoms with Crippen LogP contribution in [0.3, 0.4) is 0 Å². The molecule has 1 N–H and O–H groups in total. The van der Waals surface area contributed by atoms with E-state index in [4.69, 9.17) is 11.2 Å². The molecular formula is C76H104N13O2Re7-7. The Morgan fingerprint density at radius 2 is 1.00 bits per heavy atom. The number of cyclic esters (lactones) is 1. The first-order chi connectivity index (χ1) is 41.8. The van der Waals surface area contributed by atoms with Crippen LogP contribution in [0.2, 0.25) is 0 Å². The summed E-state index contributed by atoms with van der Waals surface area (Å²) in [5.74, 6) is 3.90. The van der Waals surface area contributed by atoms with Crippen molar-refractivity contribution in [2.75, 3.05) is 0 Å². The molecule has 8 aromatic rings. The van der Waals surface area contributed by atoms with Gasteiger partial charge in [-0.25, -0.2) is 14.8 Å². The van der Waals surface area contributed by atoms with Gasteiger partial charge in [0.2, 0.25) is 0 Å². The van der Waals surface area contributed by atoms with E-state index in [0.717, 1.165) is 39.9 Å². The summed E-state index contributed by atoms with van der Waals surface area (Å²) in [6, 6.07) is 20.9. The van der Waals surface area contributed by atoms with Crippen LogP contribution < -0.4 is 0 Å². The minimum atomic E-state index is -0.222. The summed E-state index contributed by atoms with van der Waals surface area (Å²) < 4.78 is 4.98. The third-order valence-electron chi connectivity index (χ3n) is 12.3. The molecule has 1 unspecified atom stereocenters. The Morgan fingerprint density at radius 3 is 1.29 bits per heavy atom. The van der Waals surface area contributed by atoms with Crippen LogP contribution in [-0.4, -0.2) is 77.1 Å². The first-order valence-electron chi connectivity index (χ1n) is 30.5. The number of esters is 1. The molecule has 0 fully saturated rings. The van der Waals surface area contributed by atoms with Crippen molar-refractivity contribution < 1.29 is 152 Å². The van der Waals surface area contributed by atoms with Crippen molar-refractivity contribution in [3.8, 4) is 12.3 Å². The average molecular weight is 2540 g/mol. The summed E-state index contributed by atoms with van der Waals surface area (Å²) in [4.78, 5) is 54.5. The van der Waals surface area contributed by atoms with Crippen LogP contribution in [0.25, 0.3) is 0 Å². The van der Waals surface area contributed by atoms with Gasteiger partial charge in [-0.3, -0.25) is 0 Å². The molecule has 15 nitrogen and oxygen atoms in total. The minimum Gasteiger partial charge on any atom is -0.454 e. The SMILES string of the molecule is C#Cc1ccnc(C(C)(C)C)n1.CC(C)(C)C1C=CC(=O)O1.CC(C)(C)c1[c-]n[nH]c1.CC(C)(C)c1[c-]nccc1.CC(C)(C)c1c[c-]ncc1.CC(C)(C)c1c[c-]ncn1.CC(C)(C)c1ccc[c-]n1.CC(C)(C)c1ccn[c-]n1.CC(C)(C)c1n[c-]ccn1.[Re].[Re].[Re].[Re].[Re].[Re].[Re]. The molecule has 1 aliphatic rings. The van der Waals surface area contributed by atoms with E-state index in [1.54, 1.807) is 43.1 Å². The fraction of sp³-hybridized carbons (Fsp3) is 0.487. The number of terminal acetylenes is 1. The monoisotopic (exact) mass is 2540 g/mol. The molecule has 0 amide bonds. The van der Waals surface area contributed by atoms with Gasteiger partial charge in [0.25, 0.3) is 0 Å². The molecule has 9 rings (SSSR count). The normalized spacial score (nSPS) is 12.0. The standard InChI is InChI=1S/C10H12N2.3C9H12N.3C8H11N2.C8H12O2.C7H11N2.7Re/c1-5-8-6-7-11-9(12-8)10(2,3)4;1-9(2,3)8-4-6-10-7-5-8;1-9(2,3)8-5-4-6-10-7-8;1-9(2,3)8-6-4-5-7-10-8;2*1-8(2,3)7-4-5-9-6-10-7;1-8(2,3)7-9-5-4-6-10-7;1-8(2,3)6-4-5-7(9)10-6;1-7(2,3)6-4-8-9-5-6;;;;;;;/h1,6-7H,2-4H3;3*4-6H,1-3H3;4,6H,1-3H3;2*4-5H,1-3H3;4-6H,1-3H3;4H,1-3H3,(H,8,9);;;;;;;/q;6*-1;;-1;;;;;;;. The fourth-order valence-electron chi connectivity index (χ4n) is 6.49. The summed E-state index contributed by atoms with van der Waals surface area (Å²) >= 11 is 0. The van der Waals surface area contributed by atoms with Gasteiger partial charge >= 0.3 is 5.97 Å². The third-order valence-corrected chi connectivity index (χ3v) is 12.3. The van der Waals surface area contributed by atoms with Gasteiger partial charge in [-0.1, -0.05) is 271 Å². The molecule has 0 spiro atoms. The van der Waals surface area contributed by atoms with Gasteiger partial charge in [-0.15, -0.1) is 48.1 Å². The van der Waals surface area contributed by atoms with Crippen molar-refractivity contribution in [1.82, 2.24) is 65.0 Å². The molecule has 1 aliphatic heterocycles. The summed E-state index contributed by atoms with van der Waals surface area (Å²) in [5, 5.41) is 6.47. The predicted octanol–water partition coefficient (Wildman–Crippen LogP) is 16.0. The van der Waals surface area contributed by atoms with Crippen LogP contribution in [0.15, 0.2) is 122 Å². The number of rotatable bonds is 0. The van der Waals surface area contributed by atoms with Crippen LogP contribution >= 0.6 is 0 Å². The molecule has 0 bridgehead atoms. The molecule has 0 saturated carbocycles. The molecule has 1 atom stereocenters. The summed E-state index contributed by atoms with van der Waals surface area (Å²) in [7, 11) is 0. The van der Waals surface area contributed by atoms with E-state index in [9.17, 15) is 4.79 Å². The zero-order valence-corrected chi connectivity index (χ0v) is 81.5.